The first-order chi connectivity index (χ1) is 16.9. The first kappa shape index (κ1) is 23.7. The summed E-state index contributed by atoms with van der Waals surface area (Å²) in [5.41, 5.74) is 3.84. The average Bonchev–Trinajstić information content (AvgIpc) is 3.24. The number of methoxy groups -OCH3 is 1. The number of carbonyl (C=O) groups excluding carboxylic acids is 2. The highest BCUT2D eigenvalue weighted by Crippen LogP contribution is 2.32. The minimum absolute atomic E-state index is 0.00749. The number of rotatable bonds is 5. The summed E-state index contributed by atoms with van der Waals surface area (Å²) in [5.74, 6) is 0.597. The third-order valence-corrected chi connectivity index (χ3v) is 7.57. The topological polar surface area (TPSA) is 67.7 Å². The lowest BCUT2D eigenvalue weighted by atomic mass is 9.95. The SMILES string of the molecule is CCC1Cc2nn3c(c2CN1C(=O)c1ccc(Cl)c(Cl)c1)C(=O)N(Cc1ccc(OC)cc1)CC3. The van der Waals surface area contributed by atoms with E-state index in [0.29, 0.717) is 53.9 Å². The number of hydrogen-bond donors (Lipinski definition) is 0. The predicted octanol–water partition coefficient (Wildman–Crippen LogP) is 4.83. The molecule has 0 radical (unpaired) electrons. The van der Waals surface area contributed by atoms with Crippen LogP contribution in [0.4, 0.5) is 0 Å². The summed E-state index contributed by atoms with van der Waals surface area (Å²) in [6, 6.07) is 12.6. The Morgan fingerprint density at radius 1 is 1.11 bits per heavy atom. The number of carbonyl (C=O) groups is 2. The van der Waals surface area contributed by atoms with Crippen molar-refractivity contribution in [1.29, 1.82) is 0 Å². The van der Waals surface area contributed by atoms with Gasteiger partial charge >= 0.3 is 0 Å². The Hall–Kier alpha value is -3.03. The summed E-state index contributed by atoms with van der Waals surface area (Å²) < 4.78 is 7.05. The number of fused-ring (bicyclic) bond motifs is 3. The highest BCUT2D eigenvalue weighted by atomic mass is 35.5. The molecule has 0 saturated heterocycles. The molecule has 5 rings (SSSR count). The summed E-state index contributed by atoms with van der Waals surface area (Å²) in [7, 11) is 1.63. The van der Waals surface area contributed by atoms with Crippen LogP contribution in [0.1, 0.15) is 51.0 Å². The molecular weight excluding hydrogens is 487 g/mol. The van der Waals surface area contributed by atoms with Gasteiger partial charge in [-0.3, -0.25) is 14.3 Å². The van der Waals surface area contributed by atoms with Gasteiger partial charge in [0.1, 0.15) is 11.4 Å². The van der Waals surface area contributed by atoms with Gasteiger partial charge in [-0.2, -0.15) is 5.10 Å². The van der Waals surface area contributed by atoms with Gasteiger partial charge in [-0.25, -0.2) is 0 Å². The van der Waals surface area contributed by atoms with Crippen molar-refractivity contribution in [3.8, 4) is 5.75 Å². The van der Waals surface area contributed by atoms with Gasteiger partial charge in [0.25, 0.3) is 11.8 Å². The number of ether oxygens (including phenoxy) is 1. The van der Waals surface area contributed by atoms with Crippen LogP contribution in [0.3, 0.4) is 0 Å². The molecule has 9 heteroatoms. The fourth-order valence-corrected chi connectivity index (χ4v) is 5.18. The Morgan fingerprint density at radius 2 is 1.89 bits per heavy atom. The van der Waals surface area contributed by atoms with Gasteiger partial charge in [-0.05, 0) is 42.3 Å². The quantitative estimate of drug-likeness (QED) is 0.490. The fourth-order valence-electron chi connectivity index (χ4n) is 4.88. The van der Waals surface area contributed by atoms with Crippen LogP contribution in [-0.2, 0) is 26.1 Å². The van der Waals surface area contributed by atoms with Crippen LogP contribution >= 0.6 is 23.2 Å². The molecule has 0 N–H and O–H groups in total. The van der Waals surface area contributed by atoms with E-state index in [1.54, 1.807) is 25.3 Å². The number of benzene rings is 2. The molecule has 2 aliphatic rings. The van der Waals surface area contributed by atoms with Crippen LogP contribution in [0.5, 0.6) is 5.75 Å². The molecule has 182 valence electrons. The molecule has 0 fully saturated rings. The second kappa shape index (κ2) is 9.55. The smallest absolute Gasteiger partial charge is 0.272 e. The van der Waals surface area contributed by atoms with E-state index in [0.717, 1.165) is 29.0 Å². The fraction of sp³-hybridized carbons (Fsp3) is 0.346. The van der Waals surface area contributed by atoms with Crippen LogP contribution in [-0.4, -0.2) is 51.1 Å². The van der Waals surface area contributed by atoms with Gasteiger partial charge in [-0.1, -0.05) is 42.3 Å². The van der Waals surface area contributed by atoms with E-state index < -0.39 is 0 Å². The molecule has 7 nitrogen and oxygen atoms in total. The Labute approximate surface area is 214 Å². The summed E-state index contributed by atoms with van der Waals surface area (Å²) in [5, 5.41) is 5.52. The maximum Gasteiger partial charge on any atom is 0.272 e. The number of amides is 2. The van der Waals surface area contributed by atoms with Gasteiger partial charge in [0, 0.05) is 36.7 Å². The molecule has 0 aliphatic carbocycles. The molecule has 3 heterocycles. The van der Waals surface area contributed by atoms with Crippen LogP contribution in [0.25, 0.3) is 0 Å². The van der Waals surface area contributed by atoms with E-state index in [9.17, 15) is 9.59 Å². The van der Waals surface area contributed by atoms with Crippen molar-refractivity contribution in [2.75, 3.05) is 13.7 Å². The van der Waals surface area contributed by atoms with Gasteiger partial charge < -0.3 is 14.5 Å². The van der Waals surface area contributed by atoms with Crippen molar-refractivity contribution in [2.45, 2.75) is 45.4 Å². The zero-order valence-electron chi connectivity index (χ0n) is 19.6. The molecule has 0 saturated carbocycles. The summed E-state index contributed by atoms with van der Waals surface area (Å²) in [6.07, 6.45) is 1.40. The first-order valence-electron chi connectivity index (χ1n) is 11.7. The maximum absolute atomic E-state index is 13.6. The molecule has 1 aromatic heterocycles. The van der Waals surface area contributed by atoms with E-state index in [2.05, 4.69) is 6.92 Å². The molecular formula is C26H26Cl2N4O3. The van der Waals surface area contributed by atoms with Crippen molar-refractivity contribution in [1.82, 2.24) is 19.6 Å². The molecule has 1 atom stereocenters. The monoisotopic (exact) mass is 512 g/mol. The van der Waals surface area contributed by atoms with E-state index >= 15 is 0 Å². The minimum Gasteiger partial charge on any atom is -0.497 e. The van der Waals surface area contributed by atoms with Crippen LogP contribution in [0, 0.1) is 0 Å². The van der Waals surface area contributed by atoms with Crippen molar-refractivity contribution in [3.05, 3.63) is 80.6 Å². The van der Waals surface area contributed by atoms with E-state index in [1.807, 2.05) is 38.7 Å². The van der Waals surface area contributed by atoms with Crippen LogP contribution < -0.4 is 4.74 Å². The first-order valence-corrected chi connectivity index (χ1v) is 12.4. The number of nitrogens with zero attached hydrogens (tertiary/aromatic N) is 4. The highest BCUT2D eigenvalue weighted by molar-refractivity contribution is 6.42. The van der Waals surface area contributed by atoms with Crippen molar-refractivity contribution in [2.24, 2.45) is 0 Å². The van der Waals surface area contributed by atoms with Crippen LogP contribution in [0.2, 0.25) is 10.0 Å². The number of hydrogen-bond acceptors (Lipinski definition) is 4. The Balaban J connectivity index is 1.42. The molecule has 3 aromatic rings. The van der Waals surface area contributed by atoms with Crippen molar-refractivity contribution >= 4 is 35.0 Å². The molecule has 0 bridgehead atoms. The van der Waals surface area contributed by atoms with Gasteiger partial charge in [-0.15, -0.1) is 0 Å². The molecule has 2 amide bonds. The Bertz CT molecular complexity index is 1290. The summed E-state index contributed by atoms with van der Waals surface area (Å²) in [4.78, 5) is 30.7. The molecule has 2 aromatic carbocycles. The van der Waals surface area contributed by atoms with E-state index in [4.69, 9.17) is 33.0 Å². The normalized spacial score (nSPS) is 17.3. The Kier molecular flexibility index (Phi) is 6.47. The third kappa shape index (κ3) is 4.39. The van der Waals surface area contributed by atoms with Crippen molar-refractivity contribution < 1.29 is 14.3 Å². The van der Waals surface area contributed by atoms with Gasteiger partial charge in [0.15, 0.2) is 0 Å². The lowest BCUT2D eigenvalue weighted by molar-refractivity contribution is 0.0619. The number of halogens is 2. The zero-order chi connectivity index (χ0) is 24.7. The predicted molar refractivity (Wildman–Crippen MR) is 134 cm³/mol. The molecule has 1 unspecified atom stereocenters. The number of aromatic nitrogens is 2. The molecule has 35 heavy (non-hydrogen) atoms. The third-order valence-electron chi connectivity index (χ3n) is 6.83. The largest absolute Gasteiger partial charge is 0.497 e. The van der Waals surface area contributed by atoms with Crippen molar-refractivity contribution in [3.63, 3.8) is 0 Å². The highest BCUT2D eigenvalue weighted by Gasteiger charge is 2.38. The van der Waals surface area contributed by atoms with Gasteiger partial charge in [0.2, 0.25) is 0 Å². The van der Waals surface area contributed by atoms with E-state index in [1.165, 1.54) is 0 Å². The zero-order valence-corrected chi connectivity index (χ0v) is 21.1. The lowest BCUT2D eigenvalue weighted by Crippen LogP contribution is -2.45. The van der Waals surface area contributed by atoms with E-state index in [-0.39, 0.29) is 17.9 Å². The summed E-state index contributed by atoms with van der Waals surface area (Å²) in [6.45, 7) is 4.11. The Morgan fingerprint density at radius 3 is 2.57 bits per heavy atom. The standard InChI is InChI=1S/C26H26Cl2N4O3/c1-3-18-13-23-20(15-31(18)25(33)17-6-9-21(27)22(28)12-17)24-26(34)30(10-11-32(24)29-23)14-16-4-7-19(35-2)8-5-16/h4-9,12,18H,3,10-11,13-15H2,1-2H3. The second-order valence-electron chi connectivity index (χ2n) is 8.90. The lowest BCUT2D eigenvalue weighted by Gasteiger charge is -2.35. The molecule has 2 aliphatic heterocycles. The minimum atomic E-state index is -0.126. The summed E-state index contributed by atoms with van der Waals surface area (Å²) >= 11 is 12.2. The average molecular weight is 513 g/mol. The maximum atomic E-state index is 13.6. The molecule has 0 spiro atoms. The van der Waals surface area contributed by atoms with Gasteiger partial charge in [0.05, 0.1) is 35.9 Å². The second-order valence-corrected chi connectivity index (χ2v) is 9.71. The van der Waals surface area contributed by atoms with Crippen LogP contribution in [0.15, 0.2) is 42.5 Å².